The lowest BCUT2D eigenvalue weighted by atomic mass is 10.2. The molecule has 2 unspecified atom stereocenters. The van der Waals surface area contributed by atoms with Crippen molar-refractivity contribution in [1.82, 2.24) is 5.32 Å². The van der Waals surface area contributed by atoms with Crippen molar-refractivity contribution in [1.29, 1.82) is 0 Å². The second kappa shape index (κ2) is 5.97. The molecular weight excluding hydrogens is 156 g/mol. The van der Waals surface area contributed by atoms with E-state index in [1.54, 1.807) is 14.0 Å². The molecule has 0 heterocycles. The Morgan fingerprint density at radius 3 is 2.58 bits per heavy atom. The molecule has 1 amide bonds. The summed E-state index contributed by atoms with van der Waals surface area (Å²) in [4.78, 5) is 10.6. The summed E-state index contributed by atoms with van der Waals surface area (Å²) < 4.78 is 4.90. The van der Waals surface area contributed by atoms with Gasteiger partial charge in [0.2, 0.25) is 5.91 Å². The molecule has 0 saturated carbocycles. The van der Waals surface area contributed by atoms with E-state index >= 15 is 0 Å². The summed E-state index contributed by atoms with van der Waals surface area (Å²) in [5.74, 6) is -0.320. The number of hydrogen-bond donors (Lipinski definition) is 2. The molecule has 0 fully saturated rings. The lowest BCUT2D eigenvalue weighted by Gasteiger charge is -2.16. The minimum atomic E-state index is -0.320. The second-order valence-corrected chi connectivity index (χ2v) is 2.97. The van der Waals surface area contributed by atoms with Gasteiger partial charge in [-0.1, -0.05) is 0 Å². The van der Waals surface area contributed by atoms with Crippen LogP contribution in [0.5, 0.6) is 0 Å². The summed E-state index contributed by atoms with van der Waals surface area (Å²) in [7, 11) is 1.66. The third-order valence-corrected chi connectivity index (χ3v) is 1.72. The Hall–Kier alpha value is -0.610. The fourth-order valence-corrected chi connectivity index (χ4v) is 0.887. The number of primary amides is 1. The highest BCUT2D eigenvalue weighted by atomic mass is 16.5. The maximum Gasteiger partial charge on any atom is 0.234 e. The second-order valence-electron chi connectivity index (χ2n) is 2.97. The fraction of sp³-hybridized carbons (Fsp3) is 0.875. The Balaban J connectivity index is 3.53. The first kappa shape index (κ1) is 11.4. The average molecular weight is 174 g/mol. The molecule has 3 N–H and O–H groups in total. The van der Waals surface area contributed by atoms with Crippen molar-refractivity contribution in [2.75, 3.05) is 13.7 Å². The summed E-state index contributed by atoms with van der Waals surface area (Å²) in [5, 5.41) is 3.06. The summed E-state index contributed by atoms with van der Waals surface area (Å²) in [6, 6.07) is -0.00990. The minimum Gasteiger partial charge on any atom is -0.385 e. The van der Waals surface area contributed by atoms with Crippen LogP contribution in [0.2, 0.25) is 0 Å². The van der Waals surface area contributed by atoms with Crippen molar-refractivity contribution in [3.8, 4) is 0 Å². The first-order valence-electron chi connectivity index (χ1n) is 4.12. The maximum absolute atomic E-state index is 10.6. The zero-order valence-electron chi connectivity index (χ0n) is 7.96. The SMILES string of the molecule is COCCC(C)NC(C)C(N)=O. The van der Waals surface area contributed by atoms with E-state index in [1.807, 2.05) is 6.92 Å². The molecule has 0 aliphatic heterocycles. The average Bonchev–Trinajstić information content (AvgIpc) is 2.00. The van der Waals surface area contributed by atoms with Crippen molar-refractivity contribution in [2.45, 2.75) is 32.4 Å². The van der Waals surface area contributed by atoms with Crippen LogP contribution in [0.4, 0.5) is 0 Å². The highest BCUT2D eigenvalue weighted by Crippen LogP contribution is 1.92. The number of rotatable bonds is 6. The molecule has 0 aromatic rings. The monoisotopic (exact) mass is 174 g/mol. The van der Waals surface area contributed by atoms with Crippen LogP contribution in [0.3, 0.4) is 0 Å². The number of carbonyl (C=O) groups excluding carboxylic acids is 1. The Kier molecular flexibility index (Phi) is 5.66. The van der Waals surface area contributed by atoms with Gasteiger partial charge in [0.15, 0.2) is 0 Å². The van der Waals surface area contributed by atoms with E-state index in [0.717, 1.165) is 6.42 Å². The van der Waals surface area contributed by atoms with E-state index in [4.69, 9.17) is 10.5 Å². The zero-order valence-corrected chi connectivity index (χ0v) is 7.96. The standard InChI is InChI=1S/C8H18N2O2/c1-6(4-5-12-3)10-7(2)8(9)11/h6-7,10H,4-5H2,1-3H3,(H2,9,11). The molecule has 0 aromatic carbocycles. The number of nitrogens with two attached hydrogens (primary N) is 1. The molecule has 4 heteroatoms. The van der Waals surface area contributed by atoms with Gasteiger partial charge >= 0.3 is 0 Å². The molecule has 0 aromatic heterocycles. The van der Waals surface area contributed by atoms with E-state index in [2.05, 4.69) is 5.32 Å². The van der Waals surface area contributed by atoms with Gasteiger partial charge in [0.05, 0.1) is 6.04 Å². The Bertz CT molecular complexity index is 139. The first-order chi connectivity index (χ1) is 5.57. The molecular formula is C8H18N2O2. The van der Waals surface area contributed by atoms with Crippen molar-refractivity contribution in [3.05, 3.63) is 0 Å². The van der Waals surface area contributed by atoms with Gasteiger partial charge in [-0.2, -0.15) is 0 Å². The number of ether oxygens (including phenoxy) is 1. The Labute approximate surface area is 73.5 Å². The number of methoxy groups -OCH3 is 1. The molecule has 0 bridgehead atoms. The summed E-state index contributed by atoms with van der Waals surface area (Å²) in [6.07, 6.45) is 0.883. The van der Waals surface area contributed by atoms with E-state index in [-0.39, 0.29) is 18.0 Å². The number of hydrogen-bond acceptors (Lipinski definition) is 3. The molecule has 0 spiro atoms. The molecule has 12 heavy (non-hydrogen) atoms. The van der Waals surface area contributed by atoms with Gasteiger partial charge in [-0.3, -0.25) is 4.79 Å². The molecule has 0 radical (unpaired) electrons. The van der Waals surface area contributed by atoms with E-state index in [1.165, 1.54) is 0 Å². The molecule has 0 aliphatic carbocycles. The molecule has 0 rings (SSSR count). The molecule has 0 saturated heterocycles. The minimum absolute atomic E-state index is 0.257. The smallest absolute Gasteiger partial charge is 0.234 e. The van der Waals surface area contributed by atoms with Gasteiger partial charge < -0.3 is 15.8 Å². The lowest BCUT2D eigenvalue weighted by Crippen LogP contribution is -2.43. The third-order valence-electron chi connectivity index (χ3n) is 1.72. The number of amides is 1. The molecule has 72 valence electrons. The summed E-state index contributed by atoms with van der Waals surface area (Å²) in [6.45, 7) is 4.45. The van der Waals surface area contributed by atoms with Crippen molar-refractivity contribution < 1.29 is 9.53 Å². The maximum atomic E-state index is 10.6. The quantitative estimate of drug-likeness (QED) is 0.590. The van der Waals surface area contributed by atoms with Crippen LogP contribution in [-0.2, 0) is 9.53 Å². The van der Waals surface area contributed by atoms with Crippen LogP contribution in [-0.4, -0.2) is 31.7 Å². The zero-order chi connectivity index (χ0) is 9.56. The van der Waals surface area contributed by atoms with Gasteiger partial charge in [-0.05, 0) is 20.3 Å². The summed E-state index contributed by atoms with van der Waals surface area (Å²) >= 11 is 0. The van der Waals surface area contributed by atoms with Gasteiger partial charge in [0.25, 0.3) is 0 Å². The third kappa shape index (κ3) is 5.09. The van der Waals surface area contributed by atoms with Gasteiger partial charge in [-0.15, -0.1) is 0 Å². The van der Waals surface area contributed by atoms with E-state index in [9.17, 15) is 4.79 Å². The van der Waals surface area contributed by atoms with Crippen LogP contribution in [0, 0.1) is 0 Å². The predicted octanol–water partition coefficient (Wildman–Crippen LogP) is -0.125. The first-order valence-corrected chi connectivity index (χ1v) is 4.12. The Morgan fingerprint density at radius 2 is 2.17 bits per heavy atom. The van der Waals surface area contributed by atoms with Crippen molar-refractivity contribution in [2.24, 2.45) is 5.73 Å². The van der Waals surface area contributed by atoms with E-state index < -0.39 is 0 Å². The highest BCUT2D eigenvalue weighted by Gasteiger charge is 2.10. The number of nitrogens with one attached hydrogen (secondary N) is 1. The Morgan fingerprint density at radius 1 is 1.58 bits per heavy atom. The van der Waals surface area contributed by atoms with Crippen LogP contribution in [0.1, 0.15) is 20.3 Å². The highest BCUT2D eigenvalue weighted by molar-refractivity contribution is 5.79. The predicted molar refractivity (Wildman–Crippen MR) is 47.7 cm³/mol. The fourth-order valence-electron chi connectivity index (χ4n) is 0.887. The number of carbonyl (C=O) groups is 1. The van der Waals surface area contributed by atoms with Gasteiger partial charge in [-0.25, -0.2) is 0 Å². The van der Waals surface area contributed by atoms with Crippen molar-refractivity contribution in [3.63, 3.8) is 0 Å². The summed E-state index contributed by atoms with van der Waals surface area (Å²) in [5.41, 5.74) is 5.08. The normalized spacial score (nSPS) is 15.6. The van der Waals surface area contributed by atoms with Crippen LogP contribution in [0.25, 0.3) is 0 Å². The van der Waals surface area contributed by atoms with Gasteiger partial charge in [0, 0.05) is 19.8 Å². The van der Waals surface area contributed by atoms with Crippen molar-refractivity contribution >= 4 is 5.91 Å². The topological polar surface area (TPSA) is 64.3 Å². The van der Waals surface area contributed by atoms with Crippen LogP contribution in [0.15, 0.2) is 0 Å². The van der Waals surface area contributed by atoms with Crippen LogP contribution < -0.4 is 11.1 Å². The van der Waals surface area contributed by atoms with Crippen LogP contribution >= 0.6 is 0 Å². The van der Waals surface area contributed by atoms with Gasteiger partial charge in [0.1, 0.15) is 0 Å². The largest absolute Gasteiger partial charge is 0.385 e. The molecule has 0 aliphatic rings. The lowest BCUT2D eigenvalue weighted by molar-refractivity contribution is -0.119. The molecule has 2 atom stereocenters. The molecule has 4 nitrogen and oxygen atoms in total. The van der Waals surface area contributed by atoms with E-state index in [0.29, 0.717) is 6.61 Å².